The van der Waals surface area contributed by atoms with E-state index < -0.39 is 32.6 Å². The van der Waals surface area contributed by atoms with E-state index in [2.05, 4.69) is 0 Å². The third-order valence-corrected chi connectivity index (χ3v) is 5.48. The summed E-state index contributed by atoms with van der Waals surface area (Å²) in [5.74, 6) is -0.737. The Morgan fingerprint density at radius 2 is 2.14 bits per heavy atom. The quantitative estimate of drug-likeness (QED) is 0.647. The lowest BCUT2D eigenvalue weighted by Gasteiger charge is -2.21. The van der Waals surface area contributed by atoms with Crippen molar-refractivity contribution in [1.29, 1.82) is 0 Å². The van der Waals surface area contributed by atoms with E-state index in [1.165, 1.54) is 6.07 Å². The van der Waals surface area contributed by atoms with Crippen LogP contribution in [0.5, 0.6) is 0 Å². The van der Waals surface area contributed by atoms with Crippen molar-refractivity contribution in [1.82, 2.24) is 4.31 Å². The molecule has 8 nitrogen and oxygen atoms in total. The minimum absolute atomic E-state index is 0.145. The standard InChI is InChI=1S/C11H12ClN3O5S/c12-8-4-3-7(6-10(8)15(17)18)21(19,20)14-5-1-2-9(14)11(13)16/h3-4,6,9H,1-2,5H2,(H2,13,16). The van der Waals surface area contributed by atoms with Crippen LogP contribution in [0.15, 0.2) is 23.1 Å². The first-order chi connectivity index (χ1) is 9.75. The number of hydrogen-bond acceptors (Lipinski definition) is 5. The SMILES string of the molecule is NC(=O)C1CCCN1S(=O)(=O)c1ccc(Cl)c([N+](=O)[O-])c1. The molecule has 0 radical (unpaired) electrons. The lowest BCUT2D eigenvalue weighted by molar-refractivity contribution is -0.384. The van der Waals surface area contributed by atoms with Crippen molar-refractivity contribution in [3.8, 4) is 0 Å². The predicted molar refractivity (Wildman–Crippen MR) is 74.2 cm³/mol. The summed E-state index contributed by atoms with van der Waals surface area (Å²) in [5, 5.41) is 10.7. The van der Waals surface area contributed by atoms with Gasteiger partial charge >= 0.3 is 0 Å². The van der Waals surface area contributed by atoms with Crippen molar-refractivity contribution in [2.24, 2.45) is 5.73 Å². The molecule has 2 N–H and O–H groups in total. The molecule has 1 unspecified atom stereocenters. The highest BCUT2D eigenvalue weighted by molar-refractivity contribution is 7.89. The Morgan fingerprint density at radius 3 is 2.71 bits per heavy atom. The summed E-state index contributed by atoms with van der Waals surface area (Å²) in [4.78, 5) is 21.1. The number of rotatable bonds is 4. The van der Waals surface area contributed by atoms with E-state index in [-0.39, 0.29) is 16.5 Å². The molecule has 10 heteroatoms. The van der Waals surface area contributed by atoms with Gasteiger partial charge < -0.3 is 5.73 Å². The minimum Gasteiger partial charge on any atom is -0.368 e. The Hall–Kier alpha value is -1.71. The number of nitrogens with zero attached hydrogens (tertiary/aromatic N) is 2. The number of halogens is 1. The molecule has 1 amide bonds. The van der Waals surface area contributed by atoms with Crippen LogP contribution in [-0.4, -0.2) is 36.1 Å². The molecule has 114 valence electrons. The molecule has 1 atom stereocenters. The molecule has 1 aromatic rings. The summed E-state index contributed by atoms with van der Waals surface area (Å²) in [6.45, 7) is 0.145. The highest BCUT2D eigenvalue weighted by atomic mass is 35.5. The van der Waals surface area contributed by atoms with Crippen LogP contribution in [0.2, 0.25) is 5.02 Å². The average Bonchev–Trinajstić information content (AvgIpc) is 2.88. The Morgan fingerprint density at radius 1 is 1.48 bits per heavy atom. The second-order valence-corrected chi connectivity index (χ2v) is 6.84. The molecule has 0 aromatic heterocycles. The summed E-state index contributed by atoms with van der Waals surface area (Å²) >= 11 is 5.66. The number of carbonyl (C=O) groups is 1. The lowest BCUT2D eigenvalue weighted by atomic mass is 10.2. The molecule has 21 heavy (non-hydrogen) atoms. The van der Waals surface area contributed by atoms with Gasteiger partial charge in [0.25, 0.3) is 5.69 Å². The zero-order chi connectivity index (χ0) is 15.8. The molecule has 0 aliphatic carbocycles. The van der Waals surface area contributed by atoms with Crippen LogP contribution >= 0.6 is 11.6 Å². The third-order valence-electron chi connectivity index (χ3n) is 3.25. The first kappa shape index (κ1) is 15.7. The molecule has 1 aliphatic heterocycles. The monoisotopic (exact) mass is 333 g/mol. The summed E-state index contributed by atoms with van der Waals surface area (Å²) in [6.07, 6.45) is 0.840. The molecule has 0 bridgehead atoms. The fourth-order valence-corrected chi connectivity index (χ4v) is 4.11. The van der Waals surface area contributed by atoms with Gasteiger partial charge in [0.05, 0.1) is 9.82 Å². The van der Waals surface area contributed by atoms with E-state index in [1.54, 1.807) is 0 Å². The maximum absolute atomic E-state index is 12.5. The summed E-state index contributed by atoms with van der Waals surface area (Å²) in [5.41, 5.74) is 4.68. The maximum atomic E-state index is 12.5. The van der Waals surface area contributed by atoms with Crippen LogP contribution in [0.25, 0.3) is 0 Å². The Bertz CT molecular complexity index is 706. The van der Waals surface area contributed by atoms with E-state index >= 15 is 0 Å². The van der Waals surface area contributed by atoms with Crippen molar-refractivity contribution in [3.05, 3.63) is 33.3 Å². The number of hydrogen-bond donors (Lipinski definition) is 1. The minimum atomic E-state index is -4.04. The van der Waals surface area contributed by atoms with Crippen LogP contribution in [0.3, 0.4) is 0 Å². The van der Waals surface area contributed by atoms with Gasteiger partial charge in [-0.2, -0.15) is 4.31 Å². The van der Waals surface area contributed by atoms with E-state index in [9.17, 15) is 23.3 Å². The third kappa shape index (κ3) is 2.85. The van der Waals surface area contributed by atoms with E-state index in [0.29, 0.717) is 12.8 Å². The van der Waals surface area contributed by atoms with Gasteiger partial charge in [0.1, 0.15) is 11.1 Å². The van der Waals surface area contributed by atoms with Gasteiger partial charge in [-0.05, 0) is 25.0 Å². The molecule has 1 heterocycles. The predicted octanol–water partition coefficient (Wildman–Crippen LogP) is 0.887. The molecular formula is C11H12ClN3O5S. The van der Waals surface area contributed by atoms with Crippen LogP contribution in [0, 0.1) is 10.1 Å². The van der Waals surface area contributed by atoms with Gasteiger partial charge in [0, 0.05) is 12.6 Å². The van der Waals surface area contributed by atoms with Gasteiger partial charge in [-0.3, -0.25) is 14.9 Å². The molecule has 1 aromatic carbocycles. The first-order valence-electron chi connectivity index (χ1n) is 6.00. The molecule has 0 spiro atoms. The number of nitro groups is 1. The number of sulfonamides is 1. The van der Waals surface area contributed by atoms with E-state index in [1.807, 2.05) is 0 Å². The van der Waals surface area contributed by atoms with Crippen LogP contribution in [0.4, 0.5) is 5.69 Å². The van der Waals surface area contributed by atoms with Crippen LogP contribution in [-0.2, 0) is 14.8 Å². The number of carbonyl (C=O) groups excluding carboxylic acids is 1. The highest BCUT2D eigenvalue weighted by Gasteiger charge is 2.39. The lowest BCUT2D eigenvalue weighted by Crippen LogP contribution is -2.43. The smallest absolute Gasteiger partial charge is 0.289 e. The van der Waals surface area contributed by atoms with Crippen molar-refractivity contribution in [3.63, 3.8) is 0 Å². The Labute approximate surface area is 125 Å². The molecule has 1 aliphatic rings. The molecule has 1 saturated heterocycles. The number of amides is 1. The van der Waals surface area contributed by atoms with Crippen LogP contribution < -0.4 is 5.73 Å². The summed E-state index contributed by atoms with van der Waals surface area (Å²) < 4.78 is 26.0. The Balaban J connectivity index is 2.47. The molecule has 1 fully saturated rings. The number of nitro benzene ring substituents is 1. The molecular weight excluding hydrogens is 322 g/mol. The van der Waals surface area contributed by atoms with Crippen molar-refractivity contribution >= 4 is 33.2 Å². The zero-order valence-corrected chi connectivity index (χ0v) is 12.3. The fraction of sp³-hybridized carbons (Fsp3) is 0.364. The van der Waals surface area contributed by atoms with Crippen LogP contribution in [0.1, 0.15) is 12.8 Å². The van der Waals surface area contributed by atoms with Gasteiger partial charge in [0.15, 0.2) is 0 Å². The summed E-state index contributed by atoms with van der Waals surface area (Å²) in [7, 11) is -4.04. The first-order valence-corrected chi connectivity index (χ1v) is 7.82. The van der Waals surface area contributed by atoms with Gasteiger partial charge in [-0.1, -0.05) is 11.6 Å². The number of nitrogens with two attached hydrogens (primary N) is 1. The Kier molecular flexibility index (Phi) is 4.17. The summed E-state index contributed by atoms with van der Waals surface area (Å²) in [6, 6.07) is 2.27. The van der Waals surface area contributed by atoms with E-state index in [0.717, 1.165) is 16.4 Å². The maximum Gasteiger partial charge on any atom is 0.289 e. The highest BCUT2D eigenvalue weighted by Crippen LogP contribution is 2.31. The second kappa shape index (κ2) is 5.58. The number of benzene rings is 1. The fourth-order valence-electron chi connectivity index (χ4n) is 2.24. The number of primary amides is 1. The van der Waals surface area contributed by atoms with Gasteiger partial charge in [0.2, 0.25) is 15.9 Å². The molecule has 0 saturated carbocycles. The van der Waals surface area contributed by atoms with Crippen molar-refractivity contribution in [2.75, 3.05) is 6.54 Å². The normalized spacial score (nSPS) is 19.6. The largest absolute Gasteiger partial charge is 0.368 e. The van der Waals surface area contributed by atoms with Crippen molar-refractivity contribution in [2.45, 2.75) is 23.8 Å². The topological polar surface area (TPSA) is 124 Å². The molecule has 2 rings (SSSR count). The van der Waals surface area contributed by atoms with Crippen molar-refractivity contribution < 1.29 is 18.1 Å². The average molecular weight is 334 g/mol. The zero-order valence-electron chi connectivity index (χ0n) is 10.7. The second-order valence-electron chi connectivity index (χ2n) is 4.55. The van der Waals surface area contributed by atoms with E-state index in [4.69, 9.17) is 17.3 Å². The van der Waals surface area contributed by atoms with Gasteiger partial charge in [-0.15, -0.1) is 0 Å². The van der Waals surface area contributed by atoms with Gasteiger partial charge in [-0.25, -0.2) is 8.42 Å².